The Bertz CT molecular complexity index is 627. The standard InChI is InChI=1S/C10H13N5O2S2/c11-15-9-7-8(1-3-12-9)19(16,17)14-4-2-10-13-5-6-18-10/h1,3,5-7,14H,2,4,11H2,(H,12,15). The van der Waals surface area contributed by atoms with Crippen LogP contribution in [0.2, 0.25) is 0 Å². The molecule has 2 aromatic heterocycles. The lowest BCUT2D eigenvalue weighted by Gasteiger charge is -2.07. The molecule has 2 heterocycles. The van der Waals surface area contributed by atoms with Crippen LogP contribution in [0.15, 0.2) is 34.8 Å². The molecular formula is C10H13N5O2S2. The van der Waals surface area contributed by atoms with E-state index in [1.165, 1.54) is 29.7 Å². The molecule has 102 valence electrons. The number of aromatic nitrogens is 2. The Morgan fingerprint density at radius 3 is 2.84 bits per heavy atom. The second-order valence-corrected chi connectivity index (χ2v) is 6.34. The van der Waals surface area contributed by atoms with Gasteiger partial charge in [0, 0.05) is 36.8 Å². The minimum atomic E-state index is -3.55. The maximum atomic E-state index is 12.0. The topological polar surface area (TPSA) is 110 Å². The van der Waals surface area contributed by atoms with Crippen molar-refractivity contribution in [1.29, 1.82) is 0 Å². The average molecular weight is 299 g/mol. The summed E-state index contributed by atoms with van der Waals surface area (Å²) in [5, 5.41) is 2.74. The van der Waals surface area contributed by atoms with Crippen LogP contribution in [0.4, 0.5) is 5.82 Å². The molecule has 0 saturated heterocycles. The van der Waals surface area contributed by atoms with Crippen LogP contribution in [0.5, 0.6) is 0 Å². The van der Waals surface area contributed by atoms with Crippen LogP contribution in [-0.2, 0) is 16.4 Å². The van der Waals surface area contributed by atoms with E-state index in [9.17, 15) is 8.42 Å². The van der Waals surface area contributed by atoms with Crippen molar-refractivity contribution < 1.29 is 8.42 Å². The molecule has 0 atom stereocenters. The van der Waals surface area contributed by atoms with Gasteiger partial charge in [0.2, 0.25) is 10.0 Å². The lowest BCUT2D eigenvalue weighted by molar-refractivity contribution is 0.581. The number of hydrazine groups is 1. The molecular weight excluding hydrogens is 286 g/mol. The largest absolute Gasteiger partial charge is 0.308 e. The van der Waals surface area contributed by atoms with Gasteiger partial charge in [-0.2, -0.15) is 0 Å². The highest BCUT2D eigenvalue weighted by molar-refractivity contribution is 7.89. The van der Waals surface area contributed by atoms with E-state index in [1.807, 2.05) is 5.38 Å². The zero-order valence-corrected chi connectivity index (χ0v) is 11.5. The second-order valence-electron chi connectivity index (χ2n) is 3.59. The zero-order chi connectivity index (χ0) is 13.7. The smallest absolute Gasteiger partial charge is 0.240 e. The normalized spacial score (nSPS) is 11.4. The van der Waals surface area contributed by atoms with Crippen molar-refractivity contribution in [3.05, 3.63) is 34.9 Å². The summed E-state index contributed by atoms with van der Waals surface area (Å²) in [4.78, 5) is 8.06. The number of hydrogen-bond acceptors (Lipinski definition) is 7. The summed E-state index contributed by atoms with van der Waals surface area (Å²) >= 11 is 1.49. The Morgan fingerprint density at radius 2 is 2.16 bits per heavy atom. The number of thiazole rings is 1. The Balaban J connectivity index is 2.01. The molecule has 0 saturated carbocycles. The molecule has 7 nitrogen and oxygen atoms in total. The van der Waals surface area contributed by atoms with Gasteiger partial charge in [0.25, 0.3) is 0 Å². The fourth-order valence-electron chi connectivity index (χ4n) is 1.41. The lowest BCUT2D eigenvalue weighted by atomic mass is 10.5. The third kappa shape index (κ3) is 3.70. The third-order valence-electron chi connectivity index (χ3n) is 2.30. The van der Waals surface area contributed by atoms with Gasteiger partial charge in [-0.1, -0.05) is 0 Å². The number of sulfonamides is 1. The predicted molar refractivity (Wildman–Crippen MR) is 73.1 cm³/mol. The van der Waals surface area contributed by atoms with Gasteiger partial charge in [-0.3, -0.25) is 0 Å². The highest BCUT2D eigenvalue weighted by atomic mass is 32.2. The third-order valence-corrected chi connectivity index (χ3v) is 4.60. The minimum Gasteiger partial charge on any atom is -0.308 e. The van der Waals surface area contributed by atoms with Crippen LogP contribution >= 0.6 is 11.3 Å². The molecule has 0 amide bonds. The fourth-order valence-corrected chi connectivity index (χ4v) is 3.07. The van der Waals surface area contributed by atoms with Crippen LogP contribution in [0.3, 0.4) is 0 Å². The van der Waals surface area contributed by atoms with E-state index < -0.39 is 10.0 Å². The van der Waals surface area contributed by atoms with Gasteiger partial charge < -0.3 is 5.43 Å². The van der Waals surface area contributed by atoms with E-state index in [-0.39, 0.29) is 4.90 Å². The van der Waals surface area contributed by atoms with E-state index in [2.05, 4.69) is 20.1 Å². The highest BCUT2D eigenvalue weighted by Crippen LogP contribution is 2.12. The molecule has 0 aliphatic carbocycles. The molecule has 9 heteroatoms. The summed E-state index contributed by atoms with van der Waals surface area (Å²) in [6, 6.07) is 2.78. The van der Waals surface area contributed by atoms with Gasteiger partial charge in [0.05, 0.1) is 9.90 Å². The number of hydrogen-bond donors (Lipinski definition) is 3. The molecule has 4 N–H and O–H groups in total. The Morgan fingerprint density at radius 1 is 1.32 bits per heavy atom. The number of rotatable bonds is 6. The Hall–Kier alpha value is -1.55. The number of nitrogens with two attached hydrogens (primary N) is 1. The molecule has 0 spiro atoms. The van der Waals surface area contributed by atoms with E-state index >= 15 is 0 Å². The first kappa shape index (κ1) is 13.9. The number of nitrogens with one attached hydrogen (secondary N) is 2. The van der Waals surface area contributed by atoms with Gasteiger partial charge >= 0.3 is 0 Å². The van der Waals surface area contributed by atoms with Crippen LogP contribution in [0.1, 0.15) is 5.01 Å². The van der Waals surface area contributed by atoms with E-state index in [4.69, 9.17) is 5.84 Å². The van der Waals surface area contributed by atoms with Gasteiger partial charge in [-0.25, -0.2) is 29.0 Å². The van der Waals surface area contributed by atoms with Crippen LogP contribution < -0.4 is 16.0 Å². The van der Waals surface area contributed by atoms with Gasteiger partial charge in [0.15, 0.2) is 0 Å². The van der Waals surface area contributed by atoms with Gasteiger partial charge in [0.1, 0.15) is 5.82 Å². The summed E-state index contributed by atoms with van der Waals surface area (Å²) < 4.78 is 26.5. The SMILES string of the molecule is NNc1cc(S(=O)(=O)NCCc2nccs2)ccn1. The van der Waals surface area contributed by atoms with E-state index in [0.717, 1.165) is 5.01 Å². The Kier molecular flexibility index (Phi) is 4.43. The molecule has 0 aliphatic rings. The summed E-state index contributed by atoms with van der Waals surface area (Å²) in [6.07, 6.45) is 3.63. The van der Waals surface area contributed by atoms with E-state index in [1.54, 1.807) is 6.20 Å². The lowest BCUT2D eigenvalue weighted by Crippen LogP contribution is -2.26. The summed E-state index contributed by atoms with van der Waals surface area (Å²) in [7, 11) is -3.55. The van der Waals surface area contributed by atoms with Crippen molar-refractivity contribution in [1.82, 2.24) is 14.7 Å². The fraction of sp³-hybridized carbons (Fsp3) is 0.200. The monoisotopic (exact) mass is 299 g/mol. The van der Waals surface area contributed by atoms with Gasteiger partial charge in [-0.15, -0.1) is 11.3 Å². The predicted octanol–water partition coefficient (Wildman–Crippen LogP) is 0.345. The summed E-state index contributed by atoms with van der Waals surface area (Å²) in [6.45, 7) is 0.295. The van der Waals surface area contributed by atoms with Crippen LogP contribution in [0, 0.1) is 0 Å². The maximum Gasteiger partial charge on any atom is 0.240 e. The van der Waals surface area contributed by atoms with Crippen molar-refractivity contribution in [2.75, 3.05) is 12.0 Å². The molecule has 0 bridgehead atoms. The molecule has 0 aliphatic heterocycles. The highest BCUT2D eigenvalue weighted by Gasteiger charge is 2.14. The van der Waals surface area contributed by atoms with Crippen molar-refractivity contribution in [3.63, 3.8) is 0 Å². The number of anilines is 1. The number of pyridine rings is 1. The molecule has 0 radical (unpaired) electrons. The Labute approximate surface area is 114 Å². The number of nitrogens with zero attached hydrogens (tertiary/aromatic N) is 2. The minimum absolute atomic E-state index is 0.120. The first-order valence-electron chi connectivity index (χ1n) is 5.42. The molecule has 0 unspecified atom stereocenters. The molecule has 2 rings (SSSR count). The maximum absolute atomic E-state index is 12.0. The first-order valence-corrected chi connectivity index (χ1v) is 7.79. The quantitative estimate of drug-likeness (QED) is 0.524. The molecule has 0 aromatic carbocycles. The van der Waals surface area contributed by atoms with E-state index in [0.29, 0.717) is 18.8 Å². The summed E-state index contributed by atoms with van der Waals surface area (Å²) in [5.74, 6) is 5.49. The molecule has 0 fully saturated rings. The first-order chi connectivity index (χ1) is 9.12. The molecule has 2 aromatic rings. The van der Waals surface area contributed by atoms with Crippen molar-refractivity contribution >= 4 is 27.2 Å². The van der Waals surface area contributed by atoms with Crippen LogP contribution in [0.25, 0.3) is 0 Å². The number of nitrogen functional groups attached to an aromatic ring is 1. The molecule has 19 heavy (non-hydrogen) atoms. The van der Waals surface area contributed by atoms with Gasteiger partial charge in [-0.05, 0) is 6.07 Å². The summed E-state index contributed by atoms with van der Waals surface area (Å²) in [5.41, 5.74) is 2.31. The zero-order valence-electron chi connectivity index (χ0n) is 9.91. The van der Waals surface area contributed by atoms with Crippen LogP contribution in [-0.4, -0.2) is 24.9 Å². The van der Waals surface area contributed by atoms with Crippen molar-refractivity contribution in [3.8, 4) is 0 Å². The second kappa shape index (κ2) is 6.06. The van der Waals surface area contributed by atoms with Crippen molar-refractivity contribution in [2.24, 2.45) is 5.84 Å². The van der Waals surface area contributed by atoms with Crippen molar-refractivity contribution in [2.45, 2.75) is 11.3 Å². The average Bonchev–Trinajstić information content (AvgIpc) is 2.92.